The molecule has 0 aliphatic heterocycles. The lowest BCUT2D eigenvalue weighted by molar-refractivity contribution is 0.517. The van der Waals surface area contributed by atoms with Crippen LogP contribution >= 0.6 is 12.4 Å². The van der Waals surface area contributed by atoms with Crippen LogP contribution in [0.15, 0.2) is 18.3 Å². The topological polar surface area (TPSA) is 41.8 Å². The van der Waals surface area contributed by atoms with Gasteiger partial charge in [0, 0.05) is 6.20 Å². The van der Waals surface area contributed by atoms with Crippen LogP contribution in [0.1, 0.15) is 0 Å². The van der Waals surface area contributed by atoms with Crippen LogP contribution in [0.25, 0.3) is 10.9 Å². The molecule has 0 radical (unpaired) electrons. The molecule has 0 saturated carbocycles. The van der Waals surface area contributed by atoms with Gasteiger partial charge in [0.15, 0.2) is 11.6 Å². The van der Waals surface area contributed by atoms with Crippen molar-refractivity contribution in [2.75, 3.05) is 5.73 Å². The van der Waals surface area contributed by atoms with E-state index in [4.69, 9.17) is 5.73 Å². The Morgan fingerprint density at radius 3 is 2.62 bits per heavy atom. The van der Waals surface area contributed by atoms with Crippen LogP contribution in [0.3, 0.4) is 0 Å². The number of nitrogen functional groups attached to an aromatic ring is 1. The molecule has 0 unspecified atom stereocenters. The summed E-state index contributed by atoms with van der Waals surface area (Å²) >= 11 is 0. The summed E-state index contributed by atoms with van der Waals surface area (Å²) in [6.45, 7) is 0. The van der Waals surface area contributed by atoms with Gasteiger partial charge < -0.3 is 10.7 Å². The van der Waals surface area contributed by atoms with Gasteiger partial charge in [0.1, 0.15) is 0 Å². The quantitative estimate of drug-likeness (QED) is 0.680. The molecule has 13 heavy (non-hydrogen) atoms. The van der Waals surface area contributed by atoms with E-state index in [0.29, 0.717) is 5.52 Å². The third kappa shape index (κ3) is 1.33. The van der Waals surface area contributed by atoms with Gasteiger partial charge in [-0.05, 0) is 12.1 Å². The second-order valence-electron chi connectivity index (χ2n) is 2.53. The normalized spacial score (nSPS) is 10.0. The highest BCUT2D eigenvalue weighted by molar-refractivity contribution is 5.91. The van der Waals surface area contributed by atoms with Crippen molar-refractivity contribution < 1.29 is 8.78 Å². The van der Waals surface area contributed by atoms with Crippen molar-refractivity contribution in [1.29, 1.82) is 0 Å². The van der Waals surface area contributed by atoms with Crippen molar-refractivity contribution >= 4 is 29.0 Å². The van der Waals surface area contributed by atoms with Gasteiger partial charge in [0.2, 0.25) is 0 Å². The highest BCUT2D eigenvalue weighted by atomic mass is 35.5. The van der Waals surface area contributed by atoms with E-state index in [9.17, 15) is 8.78 Å². The highest BCUT2D eigenvalue weighted by Crippen LogP contribution is 2.24. The van der Waals surface area contributed by atoms with Gasteiger partial charge >= 0.3 is 0 Å². The Labute approximate surface area is 79.1 Å². The van der Waals surface area contributed by atoms with Crippen molar-refractivity contribution in [3.63, 3.8) is 0 Å². The number of nitrogens with one attached hydrogen (secondary N) is 1. The first kappa shape index (κ1) is 9.80. The number of halogens is 3. The molecule has 0 spiro atoms. The third-order valence-corrected chi connectivity index (χ3v) is 1.77. The van der Waals surface area contributed by atoms with E-state index in [1.54, 1.807) is 0 Å². The van der Waals surface area contributed by atoms with E-state index in [1.165, 1.54) is 12.3 Å². The van der Waals surface area contributed by atoms with Crippen molar-refractivity contribution in [1.82, 2.24) is 4.98 Å². The van der Waals surface area contributed by atoms with Gasteiger partial charge in [-0.1, -0.05) is 0 Å². The first-order chi connectivity index (χ1) is 5.70. The van der Waals surface area contributed by atoms with Gasteiger partial charge in [-0.3, -0.25) is 0 Å². The summed E-state index contributed by atoms with van der Waals surface area (Å²) in [6, 6.07) is 2.51. The van der Waals surface area contributed by atoms with E-state index in [2.05, 4.69) is 4.98 Å². The average molecular weight is 205 g/mol. The van der Waals surface area contributed by atoms with E-state index in [0.717, 1.165) is 6.07 Å². The van der Waals surface area contributed by atoms with Gasteiger partial charge in [-0.15, -0.1) is 12.4 Å². The monoisotopic (exact) mass is 204 g/mol. The second-order valence-corrected chi connectivity index (χ2v) is 2.53. The molecule has 2 rings (SSSR count). The summed E-state index contributed by atoms with van der Waals surface area (Å²) in [7, 11) is 0. The van der Waals surface area contributed by atoms with Crippen LogP contribution in [0.2, 0.25) is 0 Å². The van der Waals surface area contributed by atoms with E-state index in [-0.39, 0.29) is 23.5 Å². The van der Waals surface area contributed by atoms with E-state index >= 15 is 0 Å². The lowest BCUT2D eigenvalue weighted by atomic mass is 10.2. The Kier molecular flexibility index (Phi) is 2.43. The summed E-state index contributed by atoms with van der Waals surface area (Å²) in [4.78, 5) is 2.72. The van der Waals surface area contributed by atoms with Crippen molar-refractivity contribution in [2.45, 2.75) is 0 Å². The summed E-state index contributed by atoms with van der Waals surface area (Å²) < 4.78 is 25.7. The summed E-state index contributed by atoms with van der Waals surface area (Å²) in [5, 5.41) is 0.120. The van der Waals surface area contributed by atoms with Crippen LogP contribution in [0.5, 0.6) is 0 Å². The minimum atomic E-state index is -0.897. The molecule has 1 aromatic heterocycles. The second kappa shape index (κ2) is 3.22. The maximum absolute atomic E-state index is 13.0. The van der Waals surface area contributed by atoms with E-state index in [1.807, 2.05) is 0 Å². The standard InChI is InChI=1S/C8H6F2N2.ClH/c9-4-1-2-6-7(8(4)10)5(11)3-12-6;/h1-3,12H,11H2;1H. The van der Waals surface area contributed by atoms with Gasteiger partial charge in [-0.2, -0.15) is 0 Å². The number of anilines is 1. The number of aromatic nitrogens is 1. The predicted molar refractivity (Wildman–Crippen MR) is 49.9 cm³/mol. The summed E-state index contributed by atoms with van der Waals surface area (Å²) in [5.74, 6) is -1.78. The molecular formula is C8H7ClF2N2. The molecule has 0 aliphatic rings. The minimum Gasteiger partial charge on any atom is -0.397 e. The molecule has 5 heteroatoms. The highest BCUT2D eigenvalue weighted by Gasteiger charge is 2.10. The number of H-pyrrole nitrogens is 1. The number of nitrogens with two attached hydrogens (primary N) is 1. The molecule has 0 saturated heterocycles. The van der Waals surface area contributed by atoms with Crippen LogP contribution in [-0.4, -0.2) is 4.98 Å². The number of aromatic amines is 1. The fourth-order valence-electron chi connectivity index (χ4n) is 1.18. The molecule has 0 atom stereocenters. The number of hydrogen-bond acceptors (Lipinski definition) is 1. The molecule has 2 nitrogen and oxygen atoms in total. The number of rotatable bonds is 0. The molecular weight excluding hydrogens is 198 g/mol. The molecule has 0 fully saturated rings. The van der Waals surface area contributed by atoms with Gasteiger partial charge in [-0.25, -0.2) is 8.78 Å². The molecule has 3 N–H and O–H groups in total. The Balaban J connectivity index is 0.000000845. The van der Waals surface area contributed by atoms with Crippen LogP contribution < -0.4 is 5.73 Å². The lowest BCUT2D eigenvalue weighted by Gasteiger charge is -1.94. The fourth-order valence-corrected chi connectivity index (χ4v) is 1.18. The number of hydrogen-bond donors (Lipinski definition) is 2. The van der Waals surface area contributed by atoms with Crippen LogP contribution in [0.4, 0.5) is 14.5 Å². The smallest absolute Gasteiger partial charge is 0.170 e. The van der Waals surface area contributed by atoms with Crippen molar-refractivity contribution in [3.05, 3.63) is 30.0 Å². The summed E-state index contributed by atoms with van der Waals surface area (Å²) in [5.41, 5.74) is 6.14. The molecule has 1 heterocycles. The van der Waals surface area contributed by atoms with Gasteiger partial charge in [0.05, 0.1) is 16.6 Å². The van der Waals surface area contributed by atoms with Crippen LogP contribution in [0, 0.1) is 11.6 Å². The zero-order valence-corrected chi connectivity index (χ0v) is 7.29. The summed E-state index contributed by atoms with van der Waals surface area (Å²) in [6.07, 6.45) is 1.44. The molecule has 1 aromatic carbocycles. The maximum Gasteiger partial charge on any atom is 0.170 e. The maximum atomic E-state index is 13.0. The SMILES string of the molecule is Cl.Nc1c[nH]c2ccc(F)c(F)c12. The molecule has 2 aromatic rings. The largest absolute Gasteiger partial charge is 0.397 e. The third-order valence-electron chi connectivity index (χ3n) is 1.77. The molecule has 70 valence electrons. The lowest BCUT2D eigenvalue weighted by Crippen LogP contribution is -1.87. The number of benzene rings is 1. The van der Waals surface area contributed by atoms with Crippen LogP contribution in [-0.2, 0) is 0 Å². The van der Waals surface area contributed by atoms with Crippen molar-refractivity contribution in [2.24, 2.45) is 0 Å². The molecule has 0 amide bonds. The fraction of sp³-hybridized carbons (Fsp3) is 0. The molecule has 0 aliphatic carbocycles. The zero-order chi connectivity index (χ0) is 8.72. The molecule has 0 bridgehead atoms. The van der Waals surface area contributed by atoms with E-state index < -0.39 is 11.6 Å². The average Bonchev–Trinajstić information content (AvgIpc) is 2.41. The Bertz CT molecular complexity index is 439. The Hall–Kier alpha value is -1.29. The Morgan fingerprint density at radius 1 is 1.23 bits per heavy atom. The minimum absolute atomic E-state index is 0. The Morgan fingerprint density at radius 2 is 1.92 bits per heavy atom. The zero-order valence-electron chi connectivity index (χ0n) is 6.47. The first-order valence-electron chi connectivity index (χ1n) is 3.40. The van der Waals surface area contributed by atoms with Crippen molar-refractivity contribution in [3.8, 4) is 0 Å². The number of fused-ring (bicyclic) bond motifs is 1. The first-order valence-corrected chi connectivity index (χ1v) is 3.40. The predicted octanol–water partition coefficient (Wildman–Crippen LogP) is 2.45. The van der Waals surface area contributed by atoms with Gasteiger partial charge in [0.25, 0.3) is 0 Å².